The molecule has 10 nitrogen and oxygen atoms in total. The number of benzene rings is 4. The van der Waals surface area contributed by atoms with Gasteiger partial charge in [0.15, 0.2) is 11.4 Å². The Morgan fingerprint density at radius 2 is 1.63 bits per heavy atom. The van der Waals surface area contributed by atoms with Crippen LogP contribution in [0.3, 0.4) is 0 Å². The van der Waals surface area contributed by atoms with Gasteiger partial charge in [-0.1, -0.05) is 110 Å². The lowest BCUT2D eigenvalue weighted by molar-refractivity contribution is -0.268. The average molecular weight is 721 g/mol. The van der Waals surface area contributed by atoms with Crippen molar-refractivity contribution in [3.05, 3.63) is 143 Å². The number of rotatable bonds is 13. The second-order valence-corrected chi connectivity index (χ2v) is 13.9. The van der Waals surface area contributed by atoms with Crippen LogP contribution in [0.15, 0.2) is 121 Å². The van der Waals surface area contributed by atoms with Crippen molar-refractivity contribution in [2.24, 2.45) is 13.0 Å². The molecular weight excluding hydrogens is 677 g/mol. The minimum atomic E-state index is -0.818. The number of hydrogen-bond acceptors (Lipinski definition) is 8. The molecule has 0 aliphatic carbocycles. The smallest absolute Gasteiger partial charge is 0.328 e. The number of aliphatic hydroxyl groups excluding tert-OH is 1. The van der Waals surface area contributed by atoms with Crippen molar-refractivity contribution < 1.29 is 28.9 Å². The zero-order valence-corrected chi connectivity index (χ0v) is 30.3. The van der Waals surface area contributed by atoms with Crippen LogP contribution in [0.1, 0.15) is 47.1 Å². The molecule has 11 heteroatoms. The van der Waals surface area contributed by atoms with E-state index in [-0.39, 0.29) is 31.3 Å². The molecule has 1 aliphatic heterocycles. The average Bonchev–Trinajstić information content (AvgIpc) is 3.60. The zero-order valence-electron chi connectivity index (χ0n) is 29.5. The molecule has 4 aromatic carbocycles. The second-order valence-electron chi connectivity index (χ2n) is 12.9. The van der Waals surface area contributed by atoms with Crippen molar-refractivity contribution in [2.75, 3.05) is 12.9 Å². The number of imidazole rings is 1. The van der Waals surface area contributed by atoms with Crippen LogP contribution >= 0.6 is 11.8 Å². The lowest BCUT2D eigenvalue weighted by Gasteiger charge is -2.41. The van der Waals surface area contributed by atoms with E-state index in [1.54, 1.807) is 18.0 Å². The molecule has 1 aliphatic rings. The Labute approximate surface area is 308 Å². The van der Waals surface area contributed by atoms with Crippen molar-refractivity contribution in [3.8, 4) is 11.1 Å². The van der Waals surface area contributed by atoms with Gasteiger partial charge in [0.2, 0.25) is 0 Å². The Bertz CT molecular complexity index is 1940. The predicted molar refractivity (Wildman–Crippen MR) is 200 cm³/mol. The van der Waals surface area contributed by atoms with Crippen LogP contribution in [0, 0.1) is 5.92 Å². The molecule has 5 atom stereocenters. The van der Waals surface area contributed by atoms with Gasteiger partial charge >= 0.3 is 12.0 Å². The lowest BCUT2D eigenvalue weighted by atomic mass is 9.91. The summed E-state index contributed by atoms with van der Waals surface area (Å²) < 4.78 is 20.3. The van der Waals surface area contributed by atoms with E-state index in [1.807, 2.05) is 115 Å². The molecule has 1 fully saturated rings. The normalized spacial score (nSPS) is 19.1. The van der Waals surface area contributed by atoms with Crippen molar-refractivity contribution in [1.82, 2.24) is 20.2 Å². The molecule has 270 valence electrons. The van der Waals surface area contributed by atoms with Crippen molar-refractivity contribution in [1.29, 1.82) is 0 Å². The fraction of sp³-hybridized carbons (Fsp3) is 0.293. The molecule has 0 bridgehead atoms. The maximum atomic E-state index is 12.9. The number of urea groups is 1. The largest absolute Gasteiger partial charge is 0.467 e. The van der Waals surface area contributed by atoms with Gasteiger partial charge in [-0.15, -0.1) is 0 Å². The van der Waals surface area contributed by atoms with Gasteiger partial charge in [0, 0.05) is 49.6 Å². The number of aryl methyl sites for hydroxylation is 1. The number of nitrogens with one attached hydrogen (secondary N) is 2. The summed E-state index contributed by atoms with van der Waals surface area (Å²) in [4.78, 5) is 29.8. The van der Waals surface area contributed by atoms with E-state index >= 15 is 0 Å². The molecule has 0 spiro atoms. The first-order chi connectivity index (χ1) is 25.3. The summed E-state index contributed by atoms with van der Waals surface area (Å²) in [7, 11) is 3.29. The summed E-state index contributed by atoms with van der Waals surface area (Å²) in [5, 5.41) is 16.2. The molecule has 1 aromatic heterocycles. The van der Waals surface area contributed by atoms with Crippen molar-refractivity contribution in [2.45, 2.75) is 56.2 Å². The molecular formula is C41H44N4O6S. The summed E-state index contributed by atoms with van der Waals surface area (Å²) in [5.74, 6) is 0.242. The predicted octanol–water partition coefficient (Wildman–Crippen LogP) is 6.75. The van der Waals surface area contributed by atoms with Gasteiger partial charge in [-0.2, -0.15) is 0 Å². The van der Waals surface area contributed by atoms with Gasteiger partial charge in [-0.05, 0) is 45.5 Å². The third-order valence-corrected chi connectivity index (χ3v) is 10.4. The number of methoxy groups -OCH3 is 1. The Kier molecular flexibility index (Phi) is 12.4. The fourth-order valence-corrected chi connectivity index (χ4v) is 7.36. The van der Waals surface area contributed by atoms with E-state index in [4.69, 9.17) is 14.2 Å². The number of aliphatic hydroxyl groups is 1. The van der Waals surface area contributed by atoms with E-state index in [9.17, 15) is 14.7 Å². The molecule has 6 rings (SSSR count). The molecule has 0 unspecified atom stereocenters. The van der Waals surface area contributed by atoms with Gasteiger partial charge in [0.1, 0.15) is 6.04 Å². The Hall–Kier alpha value is -4.94. The fourth-order valence-electron chi connectivity index (χ4n) is 6.26. The van der Waals surface area contributed by atoms with E-state index in [1.165, 1.54) is 7.11 Å². The first-order valence-corrected chi connectivity index (χ1v) is 18.3. The number of amides is 2. The van der Waals surface area contributed by atoms with Crippen LogP contribution in [0.4, 0.5) is 4.79 Å². The number of esters is 1. The highest BCUT2D eigenvalue weighted by atomic mass is 32.2. The third-order valence-electron chi connectivity index (χ3n) is 9.22. The van der Waals surface area contributed by atoms with Gasteiger partial charge < -0.3 is 34.5 Å². The highest BCUT2D eigenvalue weighted by Gasteiger charge is 2.38. The summed E-state index contributed by atoms with van der Waals surface area (Å²) >= 11 is 1.66. The molecule has 5 aromatic rings. The maximum Gasteiger partial charge on any atom is 0.328 e. The highest BCUT2D eigenvalue weighted by molar-refractivity contribution is 7.99. The summed E-state index contributed by atoms with van der Waals surface area (Å²) in [5.41, 5.74) is 6.53. The van der Waals surface area contributed by atoms with E-state index in [0.717, 1.165) is 44.1 Å². The monoisotopic (exact) mass is 720 g/mol. The Morgan fingerprint density at radius 3 is 2.35 bits per heavy atom. The minimum absolute atomic E-state index is 0.0160. The molecule has 1 saturated heterocycles. The van der Waals surface area contributed by atoms with E-state index in [0.29, 0.717) is 12.2 Å². The van der Waals surface area contributed by atoms with Crippen LogP contribution in [0.2, 0.25) is 0 Å². The van der Waals surface area contributed by atoms with Crippen LogP contribution in [-0.4, -0.2) is 51.7 Å². The Morgan fingerprint density at radius 1 is 0.904 bits per heavy atom. The topological polar surface area (TPSA) is 124 Å². The highest BCUT2D eigenvalue weighted by Crippen LogP contribution is 2.43. The van der Waals surface area contributed by atoms with Crippen molar-refractivity contribution in [3.63, 3.8) is 0 Å². The summed E-state index contributed by atoms with van der Waals surface area (Å²) in [6.45, 7) is 2.40. The van der Waals surface area contributed by atoms with Crippen LogP contribution in [-0.2, 0) is 45.6 Å². The van der Waals surface area contributed by atoms with Gasteiger partial charge in [0.25, 0.3) is 0 Å². The molecule has 52 heavy (non-hydrogen) atoms. The molecule has 0 radical (unpaired) electrons. The SMILES string of the molecule is COC(=O)[C@H](Cc1ccccc1)NC(=O)NCc1cccc(-c2cccc([C@@H]3O[C@H](CSc4nccn4C)[C@H](C)[C@H](c4ccc(CO)cc4)O3)c2)c1. The standard InChI is InChI=1S/C41H44N4O6S/c1-27-36(26-52-41-42-19-20-45(41)2)50-39(51-37(27)31-17-15-29(25-46)16-18-31)34-14-8-13-33(23-34)32-12-7-11-30(21-32)24-43-40(48)44-35(38(47)49-3)22-28-9-5-4-6-10-28/h4-21,23,27,35-37,39,46H,22,24-26H2,1-3H3,(H2,43,44,48)/t27-,35-,36+,37+,39+/m0/s1. The van der Waals surface area contributed by atoms with Crippen LogP contribution in [0.25, 0.3) is 11.1 Å². The minimum Gasteiger partial charge on any atom is -0.467 e. The molecule has 2 heterocycles. The summed E-state index contributed by atoms with van der Waals surface area (Å²) in [6, 6.07) is 32.2. The molecule has 0 saturated carbocycles. The van der Waals surface area contributed by atoms with Crippen LogP contribution < -0.4 is 10.6 Å². The number of hydrogen-bond donors (Lipinski definition) is 3. The zero-order chi connectivity index (χ0) is 36.5. The van der Waals surface area contributed by atoms with E-state index in [2.05, 4.69) is 28.6 Å². The number of ether oxygens (including phenoxy) is 3. The Balaban J connectivity index is 1.16. The third kappa shape index (κ3) is 9.29. The van der Waals surface area contributed by atoms with Gasteiger partial charge in [-0.3, -0.25) is 0 Å². The first kappa shape index (κ1) is 36.8. The van der Waals surface area contributed by atoms with Crippen LogP contribution in [0.5, 0.6) is 0 Å². The van der Waals surface area contributed by atoms with Gasteiger partial charge in [0.05, 0.1) is 25.9 Å². The van der Waals surface area contributed by atoms with Gasteiger partial charge in [-0.25, -0.2) is 14.6 Å². The lowest BCUT2D eigenvalue weighted by Crippen LogP contribution is -2.47. The second kappa shape index (κ2) is 17.5. The number of thioether (sulfide) groups is 1. The van der Waals surface area contributed by atoms with Crippen molar-refractivity contribution >= 4 is 23.8 Å². The van der Waals surface area contributed by atoms with E-state index < -0.39 is 24.3 Å². The number of nitrogens with zero attached hydrogens (tertiary/aromatic N) is 2. The number of carbonyl (C=O) groups is 2. The molecule has 2 amide bonds. The number of aromatic nitrogens is 2. The first-order valence-electron chi connectivity index (χ1n) is 17.3. The maximum absolute atomic E-state index is 12.9. The number of carbonyl (C=O) groups excluding carboxylic acids is 2. The quantitative estimate of drug-likeness (QED) is 0.0903. The molecule has 3 N–H and O–H groups in total. The summed E-state index contributed by atoms with van der Waals surface area (Å²) in [6.07, 6.45) is 3.08.